The molecule has 2 rings (SSSR count). The maximum atomic E-state index is 13.1. The number of halogens is 3. The van der Waals surface area contributed by atoms with Crippen molar-refractivity contribution in [3.05, 3.63) is 70.2 Å². The Morgan fingerprint density at radius 1 is 1.00 bits per heavy atom. The molecule has 2 aromatic carbocycles. The van der Waals surface area contributed by atoms with Gasteiger partial charge in [-0.1, -0.05) is 29.8 Å². The summed E-state index contributed by atoms with van der Waals surface area (Å²) in [5, 5.41) is 9.80. The van der Waals surface area contributed by atoms with E-state index in [1.807, 2.05) is 6.07 Å². The number of aliphatic hydroxyl groups is 1. The second-order valence-electron chi connectivity index (χ2n) is 4.82. The van der Waals surface area contributed by atoms with E-state index in [1.165, 1.54) is 24.3 Å². The van der Waals surface area contributed by atoms with E-state index in [9.17, 15) is 13.9 Å². The van der Waals surface area contributed by atoms with Crippen LogP contribution in [0.3, 0.4) is 0 Å². The van der Waals surface area contributed by atoms with Crippen LogP contribution >= 0.6 is 11.6 Å². The van der Waals surface area contributed by atoms with Gasteiger partial charge in [0.1, 0.15) is 11.6 Å². The highest BCUT2D eigenvalue weighted by Gasteiger charge is 2.13. The van der Waals surface area contributed by atoms with Gasteiger partial charge in [0.15, 0.2) is 0 Å². The molecule has 2 aromatic rings. The van der Waals surface area contributed by atoms with Gasteiger partial charge in [-0.15, -0.1) is 0 Å². The second kappa shape index (κ2) is 6.82. The second-order valence-corrected chi connectivity index (χ2v) is 5.23. The molecule has 0 aliphatic heterocycles. The fourth-order valence-corrected chi connectivity index (χ4v) is 2.44. The van der Waals surface area contributed by atoms with E-state index < -0.39 is 0 Å². The number of hydrogen-bond acceptors (Lipinski definition) is 1. The zero-order valence-corrected chi connectivity index (χ0v) is 11.6. The summed E-state index contributed by atoms with van der Waals surface area (Å²) in [5.41, 5.74) is 1.60. The summed E-state index contributed by atoms with van der Waals surface area (Å²) in [6.07, 6.45) is 1.06. The molecule has 0 aromatic heterocycles. The number of benzene rings is 2. The lowest BCUT2D eigenvalue weighted by Gasteiger charge is -2.15. The summed E-state index contributed by atoms with van der Waals surface area (Å²) in [7, 11) is 0. The SMILES string of the molecule is OCC(Cc1cccc(F)c1)Cc1ccc(F)cc1Cl. The van der Waals surface area contributed by atoms with Gasteiger partial charge in [-0.05, 0) is 54.2 Å². The van der Waals surface area contributed by atoms with E-state index in [0.29, 0.717) is 17.9 Å². The number of aliphatic hydroxyl groups excluding tert-OH is 1. The Kier molecular flexibility index (Phi) is 5.10. The van der Waals surface area contributed by atoms with Crippen molar-refractivity contribution in [2.45, 2.75) is 12.8 Å². The molecule has 0 saturated heterocycles. The average Bonchev–Trinajstić information content (AvgIpc) is 2.41. The van der Waals surface area contributed by atoms with E-state index in [2.05, 4.69) is 0 Å². The Labute approximate surface area is 121 Å². The monoisotopic (exact) mass is 296 g/mol. The van der Waals surface area contributed by atoms with Crippen LogP contribution in [0.4, 0.5) is 8.78 Å². The van der Waals surface area contributed by atoms with Crippen molar-refractivity contribution >= 4 is 11.6 Å². The first-order chi connectivity index (χ1) is 9.58. The summed E-state index contributed by atoms with van der Waals surface area (Å²) in [5.74, 6) is -0.761. The van der Waals surface area contributed by atoms with Crippen molar-refractivity contribution in [2.24, 2.45) is 5.92 Å². The number of hydrogen-bond donors (Lipinski definition) is 1. The van der Waals surface area contributed by atoms with E-state index in [1.54, 1.807) is 12.1 Å². The predicted octanol–water partition coefficient (Wildman–Crippen LogP) is 4.01. The fourth-order valence-electron chi connectivity index (χ4n) is 2.20. The van der Waals surface area contributed by atoms with Gasteiger partial charge in [-0.25, -0.2) is 8.78 Å². The molecule has 106 valence electrons. The molecule has 0 heterocycles. The summed E-state index contributed by atoms with van der Waals surface area (Å²) in [6, 6.07) is 10.5. The summed E-state index contributed by atoms with van der Waals surface area (Å²) < 4.78 is 26.1. The topological polar surface area (TPSA) is 20.2 Å². The Morgan fingerprint density at radius 3 is 2.40 bits per heavy atom. The summed E-state index contributed by atoms with van der Waals surface area (Å²) in [6.45, 7) is -0.0375. The maximum Gasteiger partial charge on any atom is 0.124 e. The summed E-state index contributed by atoms with van der Waals surface area (Å²) in [4.78, 5) is 0. The molecule has 0 aliphatic carbocycles. The molecule has 0 radical (unpaired) electrons. The molecule has 20 heavy (non-hydrogen) atoms. The molecule has 1 unspecified atom stereocenters. The van der Waals surface area contributed by atoms with Crippen LogP contribution in [0.1, 0.15) is 11.1 Å². The molecule has 0 saturated carbocycles. The van der Waals surface area contributed by atoms with E-state index >= 15 is 0 Å². The first-order valence-electron chi connectivity index (χ1n) is 6.37. The van der Waals surface area contributed by atoms with Crippen LogP contribution in [0.2, 0.25) is 5.02 Å². The Hall–Kier alpha value is -1.45. The van der Waals surface area contributed by atoms with Crippen LogP contribution in [0.5, 0.6) is 0 Å². The lowest BCUT2D eigenvalue weighted by molar-refractivity contribution is 0.225. The largest absolute Gasteiger partial charge is 0.396 e. The lowest BCUT2D eigenvalue weighted by atomic mass is 9.93. The van der Waals surface area contributed by atoms with Gasteiger partial charge < -0.3 is 5.11 Å². The van der Waals surface area contributed by atoms with Gasteiger partial charge in [0.05, 0.1) is 0 Å². The molecule has 0 bridgehead atoms. The summed E-state index contributed by atoms with van der Waals surface area (Å²) >= 11 is 5.98. The molecule has 4 heteroatoms. The molecule has 1 atom stereocenters. The van der Waals surface area contributed by atoms with Gasteiger partial charge in [0.25, 0.3) is 0 Å². The highest BCUT2D eigenvalue weighted by molar-refractivity contribution is 6.31. The fraction of sp³-hybridized carbons (Fsp3) is 0.250. The average molecular weight is 297 g/mol. The van der Waals surface area contributed by atoms with Gasteiger partial charge in [-0.2, -0.15) is 0 Å². The molecule has 0 spiro atoms. The van der Waals surface area contributed by atoms with Crippen molar-refractivity contribution in [3.63, 3.8) is 0 Å². The van der Waals surface area contributed by atoms with Crippen molar-refractivity contribution < 1.29 is 13.9 Å². The molecule has 1 N–H and O–H groups in total. The maximum absolute atomic E-state index is 13.1. The minimum atomic E-state index is -0.385. The minimum absolute atomic E-state index is 0.0375. The smallest absolute Gasteiger partial charge is 0.124 e. The van der Waals surface area contributed by atoms with Crippen LogP contribution in [0.25, 0.3) is 0 Å². The quantitative estimate of drug-likeness (QED) is 0.884. The molecule has 0 fully saturated rings. The van der Waals surface area contributed by atoms with Gasteiger partial charge >= 0.3 is 0 Å². The normalized spacial score (nSPS) is 12.4. The molecule has 1 nitrogen and oxygen atoms in total. The highest BCUT2D eigenvalue weighted by atomic mass is 35.5. The van der Waals surface area contributed by atoms with E-state index in [0.717, 1.165) is 11.1 Å². The molecular formula is C16H15ClF2O. The third-order valence-electron chi connectivity index (χ3n) is 3.20. The van der Waals surface area contributed by atoms with E-state index in [-0.39, 0.29) is 24.2 Å². The van der Waals surface area contributed by atoms with Gasteiger partial charge in [0, 0.05) is 11.6 Å². The van der Waals surface area contributed by atoms with Crippen LogP contribution in [0.15, 0.2) is 42.5 Å². The highest BCUT2D eigenvalue weighted by Crippen LogP contribution is 2.22. The zero-order valence-electron chi connectivity index (χ0n) is 10.8. The van der Waals surface area contributed by atoms with Crippen molar-refractivity contribution in [3.8, 4) is 0 Å². The van der Waals surface area contributed by atoms with E-state index in [4.69, 9.17) is 11.6 Å². The predicted molar refractivity (Wildman–Crippen MR) is 75.8 cm³/mol. The minimum Gasteiger partial charge on any atom is -0.396 e. The van der Waals surface area contributed by atoms with Gasteiger partial charge in [-0.3, -0.25) is 0 Å². The number of rotatable bonds is 5. The van der Waals surface area contributed by atoms with Crippen molar-refractivity contribution in [2.75, 3.05) is 6.61 Å². The van der Waals surface area contributed by atoms with Crippen LogP contribution in [0, 0.1) is 17.6 Å². The Balaban J connectivity index is 2.09. The Bertz CT molecular complexity index is 586. The first-order valence-corrected chi connectivity index (χ1v) is 6.75. The third-order valence-corrected chi connectivity index (χ3v) is 3.55. The third kappa shape index (κ3) is 4.02. The van der Waals surface area contributed by atoms with Gasteiger partial charge in [0.2, 0.25) is 0 Å². The van der Waals surface area contributed by atoms with Crippen LogP contribution in [-0.4, -0.2) is 11.7 Å². The van der Waals surface area contributed by atoms with Crippen molar-refractivity contribution in [1.82, 2.24) is 0 Å². The zero-order chi connectivity index (χ0) is 14.5. The standard InChI is InChI=1S/C16H15ClF2O/c17-16-9-15(19)5-4-13(16)7-12(10-20)6-11-2-1-3-14(18)8-11/h1-5,8-9,12,20H,6-7,10H2. The van der Waals surface area contributed by atoms with Crippen LogP contribution < -0.4 is 0 Å². The molecular weight excluding hydrogens is 282 g/mol. The Morgan fingerprint density at radius 2 is 1.75 bits per heavy atom. The van der Waals surface area contributed by atoms with Crippen molar-refractivity contribution in [1.29, 1.82) is 0 Å². The molecule has 0 aliphatic rings. The molecule has 0 amide bonds. The lowest BCUT2D eigenvalue weighted by Crippen LogP contribution is -2.13. The van der Waals surface area contributed by atoms with Crippen LogP contribution in [-0.2, 0) is 12.8 Å². The first kappa shape index (κ1) is 14.9.